The Kier molecular flexibility index (Phi) is 3.74. The van der Waals surface area contributed by atoms with Crippen molar-refractivity contribution in [2.75, 3.05) is 5.73 Å². The fourth-order valence-electron chi connectivity index (χ4n) is 1.53. The monoisotopic (exact) mass is 266 g/mol. The van der Waals surface area contributed by atoms with Crippen molar-refractivity contribution in [3.63, 3.8) is 0 Å². The maximum absolute atomic E-state index is 13.3. The molecule has 0 aliphatic rings. The predicted octanol–water partition coefficient (Wildman–Crippen LogP) is 1.06. The Labute approximate surface area is 108 Å². The molecule has 0 atom stereocenters. The van der Waals surface area contributed by atoms with Gasteiger partial charge in [-0.25, -0.2) is 8.78 Å². The van der Waals surface area contributed by atoms with Crippen molar-refractivity contribution in [1.29, 1.82) is 0 Å². The molecule has 5 nitrogen and oxygen atoms in total. The van der Waals surface area contributed by atoms with E-state index in [1.54, 1.807) is 0 Å². The summed E-state index contributed by atoms with van der Waals surface area (Å²) in [6.45, 7) is -0.0261. The third-order valence-electron chi connectivity index (χ3n) is 2.45. The highest BCUT2D eigenvalue weighted by Gasteiger charge is 2.07. The molecule has 0 fully saturated rings. The lowest BCUT2D eigenvalue weighted by molar-refractivity contribution is -0.122. The SMILES string of the molecule is Nc1cnn(CC(=O)NCc2ccc(F)cc2F)c1. The molecule has 3 N–H and O–H groups in total. The Morgan fingerprint density at radius 1 is 1.42 bits per heavy atom. The maximum atomic E-state index is 13.3. The number of halogens is 2. The van der Waals surface area contributed by atoms with E-state index in [0.717, 1.165) is 12.1 Å². The number of benzene rings is 1. The number of nitrogens with zero attached hydrogens (tertiary/aromatic N) is 2. The zero-order chi connectivity index (χ0) is 13.8. The number of nitrogens with one attached hydrogen (secondary N) is 1. The zero-order valence-corrected chi connectivity index (χ0v) is 9.94. The number of hydrogen-bond acceptors (Lipinski definition) is 3. The third kappa shape index (κ3) is 3.51. The van der Waals surface area contributed by atoms with Gasteiger partial charge < -0.3 is 11.1 Å². The summed E-state index contributed by atoms with van der Waals surface area (Å²) in [6.07, 6.45) is 2.94. The first-order valence-electron chi connectivity index (χ1n) is 5.53. The fraction of sp³-hybridized carbons (Fsp3) is 0.167. The summed E-state index contributed by atoms with van der Waals surface area (Å²) in [5, 5.41) is 6.36. The van der Waals surface area contributed by atoms with Crippen LogP contribution < -0.4 is 11.1 Å². The van der Waals surface area contributed by atoms with Crippen LogP contribution in [0.25, 0.3) is 0 Å². The second kappa shape index (κ2) is 5.47. The number of aromatic nitrogens is 2. The molecule has 0 saturated carbocycles. The van der Waals surface area contributed by atoms with Gasteiger partial charge in [-0.1, -0.05) is 6.07 Å². The van der Waals surface area contributed by atoms with Crippen LogP contribution >= 0.6 is 0 Å². The van der Waals surface area contributed by atoms with Gasteiger partial charge in [0.1, 0.15) is 18.2 Å². The highest BCUT2D eigenvalue weighted by Crippen LogP contribution is 2.09. The van der Waals surface area contributed by atoms with Gasteiger partial charge in [0.25, 0.3) is 0 Å². The van der Waals surface area contributed by atoms with Gasteiger partial charge in [0.15, 0.2) is 0 Å². The number of hydrogen-bond donors (Lipinski definition) is 2. The molecule has 1 heterocycles. The van der Waals surface area contributed by atoms with E-state index < -0.39 is 11.6 Å². The van der Waals surface area contributed by atoms with Crippen LogP contribution in [0.5, 0.6) is 0 Å². The molecular formula is C12H12F2N4O. The van der Waals surface area contributed by atoms with E-state index in [1.807, 2.05) is 0 Å². The van der Waals surface area contributed by atoms with Gasteiger partial charge >= 0.3 is 0 Å². The standard InChI is InChI=1S/C12H12F2N4O/c13-9-2-1-8(11(14)3-9)4-16-12(19)7-18-6-10(15)5-17-18/h1-3,5-6H,4,7,15H2,(H,16,19). The molecule has 1 aromatic carbocycles. The second-order valence-electron chi connectivity index (χ2n) is 3.98. The van der Waals surface area contributed by atoms with E-state index in [2.05, 4.69) is 10.4 Å². The van der Waals surface area contributed by atoms with Crippen LogP contribution in [0.3, 0.4) is 0 Å². The number of amides is 1. The molecule has 0 spiro atoms. The lowest BCUT2D eigenvalue weighted by atomic mass is 10.2. The van der Waals surface area contributed by atoms with Crippen molar-refractivity contribution in [3.05, 3.63) is 47.8 Å². The molecular weight excluding hydrogens is 254 g/mol. The third-order valence-corrected chi connectivity index (χ3v) is 2.45. The van der Waals surface area contributed by atoms with E-state index >= 15 is 0 Å². The van der Waals surface area contributed by atoms with Gasteiger partial charge in [0.05, 0.1) is 11.9 Å². The summed E-state index contributed by atoms with van der Waals surface area (Å²) in [7, 11) is 0. The summed E-state index contributed by atoms with van der Waals surface area (Å²) < 4.78 is 27.4. The average molecular weight is 266 g/mol. The van der Waals surface area contributed by atoms with Crippen molar-refractivity contribution in [3.8, 4) is 0 Å². The Balaban J connectivity index is 1.89. The first-order valence-corrected chi connectivity index (χ1v) is 5.53. The van der Waals surface area contributed by atoms with Crippen molar-refractivity contribution in [2.45, 2.75) is 13.1 Å². The molecule has 0 radical (unpaired) electrons. The molecule has 1 amide bonds. The Bertz CT molecular complexity index is 597. The van der Waals surface area contributed by atoms with Crippen LogP contribution in [0.15, 0.2) is 30.6 Å². The quantitative estimate of drug-likeness (QED) is 0.869. The molecule has 0 aliphatic carbocycles. The number of nitrogen functional groups attached to an aromatic ring is 1. The molecule has 1 aromatic heterocycles. The number of nitrogens with two attached hydrogens (primary N) is 1. The molecule has 0 bridgehead atoms. The molecule has 0 unspecified atom stereocenters. The van der Waals surface area contributed by atoms with E-state index in [0.29, 0.717) is 5.69 Å². The summed E-state index contributed by atoms with van der Waals surface area (Å²) in [6, 6.07) is 3.20. The summed E-state index contributed by atoms with van der Waals surface area (Å²) >= 11 is 0. The van der Waals surface area contributed by atoms with Crippen LogP contribution in [0.1, 0.15) is 5.56 Å². The second-order valence-corrected chi connectivity index (χ2v) is 3.98. The topological polar surface area (TPSA) is 72.9 Å². The van der Waals surface area contributed by atoms with Gasteiger partial charge in [-0.2, -0.15) is 5.10 Å². The van der Waals surface area contributed by atoms with Gasteiger partial charge in [-0.15, -0.1) is 0 Å². The Hall–Kier alpha value is -2.44. The van der Waals surface area contributed by atoms with Crippen LogP contribution in [0.4, 0.5) is 14.5 Å². The predicted molar refractivity (Wildman–Crippen MR) is 64.8 cm³/mol. The van der Waals surface area contributed by atoms with Crippen LogP contribution in [-0.4, -0.2) is 15.7 Å². The van der Waals surface area contributed by atoms with E-state index in [4.69, 9.17) is 5.73 Å². The average Bonchev–Trinajstić information content (AvgIpc) is 2.73. The first kappa shape index (κ1) is 13.0. The smallest absolute Gasteiger partial charge is 0.242 e. The Morgan fingerprint density at radius 3 is 2.84 bits per heavy atom. The van der Waals surface area contributed by atoms with E-state index in [1.165, 1.54) is 23.1 Å². The molecule has 0 saturated heterocycles. The lowest BCUT2D eigenvalue weighted by Crippen LogP contribution is -2.27. The molecule has 2 aromatic rings. The van der Waals surface area contributed by atoms with E-state index in [-0.39, 0.29) is 24.6 Å². The van der Waals surface area contributed by atoms with Gasteiger partial charge in [0.2, 0.25) is 5.91 Å². The normalized spacial score (nSPS) is 10.4. The first-order chi connectivity index (χ1) is 9.04. The van der Waals surface area contributed by atoms with Crippen LogP contribution in [0, 0.1) is 11.6 Å². The molecule has 0 aliphatic heterocycles. The summed E-state index contributed by atoms with van der Waals surface area (Å²) in [5.41, 5.74) is 6.13. The largest absolute Gasteiger partial charge is 0.396 e. The summed E-state index contributed by atoms with van der Waals surface area (Å²) in [5.74, 6) is -1.69. The van der Waals surface area contributed by atoms with Crippen LogP contribution in [0.2, 0.25) is 0 Å². The molecule has 19 heavy (non-hydrogen) atoms. The van der Waals surface area contributed by atoms with Gasteiger partial charge in [-0.3, -0.25) is 9.48 Å². The number of carbonyl (C=O) groups is 1. The summed E-state index contributed by atoms with van der Waals surface area (Å²) in [4.78, 5) is 11.6. The van der Waals surface area contributed by atoms with E-state index in [9.17, 15) is 13.6 Å². The maximum Gasteiger partial charge on any atom is 0.242 e. The number of carbonyl (C=O) groups excluding carboxylic acids is 1. The number of anilines is 1. The Morgan fingerprint density at radius 2 is 2.21 bits per heavy atom. The van der Waals surface area contributed by atoms with Gasteiger partial charge in [-0.05, 0) is 6.07 Å². The van der Waals surface area contributed by atoms with Crippen molar-refractivity contribution in [2.24, 2.45) is 0 Å². The fourth-order valence-corrected chi connectivity index (χ4v) is 1.53. The molecule has 7 heteroatoms. The molecule has 2 rings (SSSR count). The van der Waals surface area contributed by atoms with Gasteiger partial charge in [0, 0.05) is 24.4 Å². The van der Waals surface area contributed by atoms with Crippen molar-refractivity contribution < 1.29 is 13.6 Å². The molecule has 100 valence electrons. The van der Waals surface area contributed by atoms with Crippen LogP contribution in [-0.2, 0) is 17.9 Å². The minimum atomic E-state index is -0.691. The minimum Gasteiger partial charge on any atom is -0.396 e. The highest BCUT2D eigenvalue weighted by molar-refractivity contribution is 5.75. The lowest BCUT2D eigenvalue weighted by Gasteiger charge is -2.06. The zero-order valence-electron chi connectivity index (χ0n) is 9.94. The number of rotatable bonds is 4. The highest BCUT2D eigenvalue weighted by atomic mass is 19.1. The van der Waals surface area contributed by atoms with Crippen molar-refractivity contribution in [1.82, 2.24) is 15.1 Å². The minimum absolute atomic E-state index is 0.0122. The van der Waals surface area contributed by atoms with Crippen molar-refractivity contribution >= 4 is 11.6 Å².